The third-order valence-electron chi connectivity index (χ3n) is 3.04. The van der Waals surface area contributed by atoms with E-state index in [1.165, 1.54) is 28.4 Å². The van der Waals surface area contributed by atoms with Gasteiger partial charge in [-0.2, -0.15) is 0 Å². The predicted octanol–water partition coefficient (Wildman–Crippen LogP) is 3.10. The van der Waals surface area contributed by atoms with Crippen molar-refractivity contribution in [2.45, 2.75) is 58.0 Å². The largest absolute Gasteiger partial charge is 0.384 e. The van der Waals surface area contributed by atoms with E-state index >= 15 is 0 Å². The first-order valence-electron chi connectivity index (χ1n) is 6.72. The summed E-state index contributed by atoms with van der Waals surface area (Å²) in [4.78, 5) is 6.24. The molecule has 1 fully saturated rings. The Bertz CT molecular complexity index is 391. The SMILES string of the molecule is COCCc1nc(C2CC2)c(CNC(C)(C)C)s1. The molecule has 1 aromatic heterocycles. The molecule has 0 radical (unpaired) electrons. The molecule has 2 rings (SSSR count). The average Bonchev–Trinajstić information content (AvgIpc) is 3.05. The van der Waals surface area contributed by atoms with Crippen LogP contribution in [0, 0.1) is 0 Å². The van der Waals surface area contributed by atoms with Crippen LogP contribution in [0.4, 0.5) is 0 Å². The molecule has 0 saturated heterocycles. The van der Waals surface area contributed by atoms with Crippen molar-refractivity contribution in [3.63, 3.8) is 0 Å². The maximum atomic E-state index is 5.14. The van der Waals surface area contributed by atoms with E-state index in [1.807, 2.05) is 11.3 Å². The van der Waals surface area contributed by atoms with E-state index in [9.17, 15) is 0 Å². The summed E-state index contributed by atoms with van der Waals surface area (Å²) in [6, 6.07) is 0. The molecule has 0 aromatic carbocycles. The van der Waals surface area contributed by atoms with Crippen LogP contribution in [0.3, 0.4) is 0 Å². The second-order valence-electron chi connectivity index (χ2n) is 6.04. The van der Waals surface area contributed by atoms with Gasteiger partial charge >= 0.3 is 0 Å². The lowest BCUT2D eigenvalue weighted by atomic mass is 10.1. The lowest BCUT2D eigenvalue weighted by molar-refractivity contribution is 0.202. The molecule has 0 spiro atoms. The van der Waals surface area contributed by atoms with E-state index in [0.29, 0.717) is 0 Å². The van der Waals surface area contributed by atoms with Crippen LogP contribution in [-0.2, 0) is 17.7 Å². The van der Waals surface area contributed by atoms with Gasteiger partial charge in [-0.3, -0.25) is 0 Å². The molecular weight excluding hydrogens is 244 g/mol. The molecule has 102 valence electrons. The van der Waals surface area contributed by atoms with E-state index in [-0.39, 0.29) is 5.54 Å². The third-order valence-corrected chi connectivity index (χ3v) is 4.17. The van der Waals surface area contributed by atoms with Crippen molar-refractivity contribution in [3.05, 3.63) is 15.6 Å². The van der Waals surface area contributed by atoms with Gasteiger partial charge in [0.15, 0.2) is 0 Å². The minimum atomic E-state index is 0.164. The smallest absolute Gasteiger partial charge is 0.0954 e. The second-order valence-corrected chi connectivity index (χ2v) is 7.20. The van der Waals surface area contributed by atoms with Crippen LogP contribution in [0.1, 0.15) is 55.1 Å². The fraction of sp³-hybridized carbons (Fsp3) is 0.786. The van der Waals surface area contributed by atoms with Crippen LogP contribution in [0.5, 0.6) is 0 Å². The number of nitrogens with one attached hydrogen (secondary N) is 1. The third kappa shape index (κ3) is 4.04. The molecule has 1 aliphatic rings. The Morgan fingerprint density at radius 3 is 2.67 bits per heavy atom. The van der Waals surface area contributed by atoms with Gasteiger partial charge in [-0.05, 0) is 33.6 Å². The number of aromatic nitrogens is 1. The lowest BCUT2D eigenvalue weighted by Gasteiger charge is -2.20. The molecular formula is C14H24N2OS. The molecule has 1 aliphatic carbocycles. The van der Waals surface area contributed by atoms with Gasteiger partial charge in [-0.15, -0.1) is 11.3 Å². The number of nitrogens with zero attached hydrogens (tertiary/aromatic N) is 1. The van der Waals surface area contributed by atoms with Gasteiger partial charge < -0.3 is 10.1 Å². The van der Waals surface area contributed by atoms with Gasteiger partial charge in [0.2, 0.25) is 0 Å². The predicted molar refractivity (Wildman–Crippen MR) is 76.3 cm³/mol. The van der Waals surface area contributed by atoms with Crippen molar-refractivity contribution in [3.8, 4) is 0 Å². The first kappa shape index (κ1) is 14.0. The quantitative estimate of drug-likeness (QED) is 0.861. The van der Waals surface area contributed by atoms with Crippen LogP contribution >= 0.6 is 11.3 Å². The first-order chi connectivity index (χ1) is 8.49. The Labute approximate surface area is 114 Å². The highest BCUT2D eigenvalue weighted by Crippen LogP contribution is 2.42. The fourth-order valence-electron chi connectivity index (χ4n) is 1.86. The van der Waals surface area contributed by atoms with Crippen molar-refractivity contribution in [2.24, 2.45) is 0 Å². The normalized spacial score (nSPS) is 16.2. The van der Waals surface area contributed by atoms with E-state index in [4.69, 9.17) is 9.72 Å². The zero-order valence-electron chi connectivity index (χ0n) is 11.9. The highest BCUT2D eigenvalue weighted by molar-refractivity contribution is 7.11. The monoisotopic (exact) mass is 268 g/mol. The van der Waals surface area contributed by atoms with Gasteiger partial charge in [0.05, 0.1) is 17.3 Å². The summed E-state index contributed by atoms with van der Waals surface area (Å²) >= 11 is 1.85. The Hall–Kier alpha value is -0.450. The molecule has 0 aliphatic heterocycles. The number of thiazole rings is 1. The minimum absolute atomic E-state index is 0.164. The van der Waals surface area contributed by atoms with Crippen molar-refractivity contribution in [2.75, 3.05) is 13.7 Å². The Morgan fingerprint density at radius 2 is 2.11 bits per heavy atom. The van der Waals surface area contributed by atoms with E-state index in [2.05, 4.69) is 26.1 Å². The molecule has 4 heteroatoms. The van der Waals surface area contributed by atoms with Gasteiger partial charge in [-0.1, -0.05) is 0 Å². The highest BCUT2D eigenvalue weighted by Gasteiger charge is 2.29. The van der Waals surface area contributed by atoms with Gasteiger partial charge in [0.1, 0.15) is 0 Å². The topological polar surface area (TPSA) is 34.1 Å². The lowest BCUT2D eigenvalue weighted by Crippen LogP contribution is -2.35. The highest BCUT2D eigenvalue weighted by atomic mass is 32.1. The van der Waals surface area contributed by atoms with Gasteiger partial charge in [-0.25, -0.2) is 4.98 Å². The van der Waals surface area contributed by atoms with Gasteiger partial charge in [0, 0.05) is 36.4 Å². The molecule has 1 heterocycles. The van der Waals surface area contributed by atoms with Crippen LogP contribution < -0.4 is 5.32 Å². The number of rotatable bonds is 6. The molecule has 0 unspecified atom stereocenters. The summed E-state index contributed by atoms with van der Waals surface area (Å²) in [6.07, 6.45) is 3.57. The average molecular weight is 268 g/mol. The second kappa shape index (κ2) is 5.68. The number of ether oxygens (including phenoxy) is 1. The van der Waals surface area contributed by atoms with E-state index < -0.39 is 0 Å². The molecule has 1 aromatic rings. The molecule has 0 amide bonds. The number of methoxy groups -OCH3 is 1. The molecule has 1 N–H and O–H groups in total. The fourth-order valence-corrected chi connectivity index (χ4v) is 2.93. The van der Waals surface area contributed by atoms with Crippen molar-refractivity contribution in [1.82, 2.24) is 10.3 Å². The molecule has 18 heavy (non-hydrogen) atoms. The minimum Gasteiger partial charge on any atom is -0.384 e. The van der Waals surface area contributed by atoms with Crippen LogP contribution in [0.25, 0.3) is 0 Å². The van der Waals surface area contributed by atoms with Crippen molar-refractivity contribution in [1.29, 1.82) is 0 Å². The first-order valence-corrected chi connectivity index (χ1v) is 7.53. The molecule has 1 saturated carbocycles. The summed E-state index contributed by atoms with van der Waals surface area (Å²) in [5, 5.41) is 4.80. The Kier molecular flexibility index (Phi) is 4.41. The van der Waals surface area contributed by atoms with Crippen LogP contribution in [-0.4, -0.2) is 24.2 Å². The van der Waals surface area contributed by atoms with Crippen molar-refractivity contribution < 1.29 is 4.74 Å². The number of hydrogen-bond acceptors (Lipinski definition) is 4. The van der Waals surface area contributed by atoms with E-state index in [1.54, 1.807) is 7.11 Å². The zero-order chi connectivity index (χ0) is 13.2. The summed E-state index contributed by atoms with van der Waals surface area (Å²) in [7, 11) is 1.75. The Balaban J connectivity index is 2.04. The summed E-state index contributed by atoms with van der Waals surface area (Å²) in [5.41, 5.74) is 1.51. The molecule has 3 nitrogen and oxygen atoms in total. The van der Waals surface area contributed by atoms with Crippen LogP contribution in [0.15, 0.2) is 0 Å². The Morgan fingerprint density at radius 1 is 1.39 bits per heavy atom. The van der Waals surface area contributed by atoms with E-state index in [0.717, 1.165) is 25.5 Å². The zero-order valence-corrected chi connectivity index (χ0v) is 12.7. The maximum Gasteiger partial charge on any atom is 0.0954 e. The molecule has 0 atom stereocenters. The number of hydrogen-bond donors (Lipinski definition) is 1. The maximum absolute atomic E-state index is 5.14. The van der Waals surface area contributed by atoms with Crippen molar-refractivity contribution >= 4 is 11.3 Å². The summed E-state index contributed by atoms with van der Waals surface area (Å²) < 4.78 is 5.14. The molecule has 0 bridgehead atoms. The summed E-state index contributed by atoms with van der Waals surface area (Å²) in [5.74, 6) is 0.731. The van der Waals surface area contributed by atoms with Gasteiger partial charge in [0.25, 0.3) is 0 Å². The van der Waals surface area contributed by atoms with Crippen LogP contribution in [0.2, 0.25) is 0 Å². The standard InChI is InChI=1S/C14H24N2OS/c1-14(2,3)15-9-11-13(10-5-6-10)16-12(18-11)7-8-17-4/h10,15H,5-9H2,1-4H3. The summed E-state index contributed by atoms with van der Waals surface area (Å²) in [6.45, 7) is 8.33.